The minimum Gasteiger partial charge on any atom is -0.496 e. The standard InChI is InChI=1S/C11H14ClNO3/c1-13(7-11(14)15)6-8-5-9(12)3-4-10(8)16-2/h3-5H,6-7H2,1-2H3,(H,14,15). The van der Waals surface area contributed by atoms with Gasteiger partial charge >= 0.3 is 5.97 Å². The number of carboxylic acid groups (broad SMARTS) is 1. The average Bonchev–Trinajstić information content (AvgIpc) is 2.16. The SMILES string of the molecule is COc1ccc(Cl)cc1CN(C)CC(=O)O. The molecule has 0 fully saturated rings. The van der Waals surface area contributed by atoms with E-state index in [1.807, 2.05) is 0 Å². The summed E-state index contributed by atoms with van der Waals surface area (Å²) in [4.78, 5) is 12.2. The van der Waals surface area contributed by atoms with Gasteiger partial charge in [0.25, 0.3) is 0 Å². The molecule has 0 spiro atoms. The highest BCUT2D eigenvalue weighted by atomic mass is 35.5. The lowest BCUT2D eigenvalue weighted by Gasteiger charge is -2.16. The van der Waals surface area contributed by atoms with Crippen LogP contribution in [0.25, 0.3) is 0 Å². The molecule has 0 bridgehead atoms. The Hall–Kier alpha value is -1.26. The summed E-state index contributed by atoms with van der Waals surface area (Å²) < 4.78 is 5.17. The van der Waals surface area contributed by atoms with E-state index >= 15 is 0 Å². The van der Waals surface area contributed by atoms with Crippen molar-refractivity contribution in [3.8, 4) is 5.75 Å². The van der Waals surface area contributed by atoms with Crippen LogP contribution in [-0.4, -0.2) is 36.7 Å². The number of likely N-dealkylation sites (N-methyl/N-ethyl adjacent to an activating group) is 1. The Balaban J connectivity index is 2.78. The fourth-order valence-electron chi connectivity index (χ4n) is 1.45. The summed E-state index contributed by atoms with van der Waals surface area (Å²) in [6.45, 7) is 0.464. The summed E-state index contributed by atoms with van der Waals surface area (Å²) in [6, 6.07) is 5.28. The highest BCUT2D eigenvalue weighted by molar-refractivity contribution is 6.30. The molecular weight excluding hydrogens is 230 g/mol. The van der Waals surface area contributed by atoms with Crippen molar-refractivity contribution >= 4 is 17.6 Å². The summed E-state index contributed by atoms with van der Waals surface area (Å²) in [7, 11) is 3.30. The van der Waals surface area contributed by atoms with E-state index in [0.717, 1.165) is 5.56 Å². The zero-order chi connectivity index (χ0) is 12.1. The predicted octanol–water partition coefficient (Wildman–Crippen LogP) is 1.86. The molecule has 1 aromatic rings. The van der Waals surface area contributed by atoms with Crippen molar-refractivity contribution in [3.05, 3.63) is 28.8 Å². The lowest BCUT2D eigenvalue weighted by Crippen LogP contribution is -2.25. The Labute approximate surface area is 99.4 Å². The van der Waals surface area contributed by atoms with Gasteiger partial charge in [-0.25, -0.2) is 0 Å². The van der Waals surface area contributed by atoms with E-state index in [4.69, 9.17) is 21.4 Å². The predicted molar refractivity (Wildman–Crippen MR) is 62.0 cm³/mol. The molecule has 5 heteroatoms. The van der Waals surface area contributed by atoms with Gasteiger partial charge in [0.15, 0.2) is 0 Å². The van der Waals surface area contributed by atoms with Crippen LogP contribution in [0, 0.1) is 0 Å². The largest absolute Gasteiger partial charge is 0.496 e. The van der Waals surface area contributed by atoms with Crippen molar-refractivity contribution in [2.45, 2.75) is 6.54 Å². The quantitative estimate of drug-likeness (QED) is 0.858. The highest BCUT2D eigenvalue weighted by Gasteiger charge is 2.09. The molecule has 16 heavy (non-hydrogen) atoms. The first-order valence-electron chi connectivity index (χ1n) is 4.75. The molecule has 1 rings (SSSR count). The number of ether oxygens (including phenoxy) is 1. The van der Waals surface area contributed by atoms with Gasteiger partial charge < -0.3 is 9.84 Å². The second kappa shape index (κ2) is 5.72. The van der Waals surface area contributed by atoms with Crippen LogP contribution in [0.15, 0.2) is 18.2 Å². The normalized spacial score (nSPS) is 10.5. The van der Waals surface area contributed by atoms with Crippen molar-refractivity contribution in [2.24, 2.45) is 0 Å². The van der Waals surface area contributed by atoms with E-state index in [1.165, 1.54) is 0 Å². The number of rotatable bonds is 5. The molecule has 0 aliphatic rings. The molecule has 0 aliphatic carbocycles. The maximum atomic E-state index is 10.5. The number of halogens is 1. The summed E-state index contributed by atoms with van der Waals surface area (Å²) in [6.07, 6.45) is 0. The molecule has 0 saturated heterocycles. The number of carbonyl (C=O) groups is 1. The molecule has 0 unspecified atom stereocenters. The molecule has 88 valence electrons. The number of methoxy groups -OCH3 is 1. The van der Waals surface area contributed by atoms with Gasteiger partial charge in [-0.05, 0) is 25.2 Å². The molecule has 0 saturated carbocycles. The molecule has 1 N–H and O–H groups in total. The molecule has 4 nitrogen and oxygen atoms in total. The van der Waals surface area contributed by atoms with Crippen molar-refractivity contribution in [1.29, 1.82) is 0 Å². The average molecular weight is 244 g/mol. The van der Waals surface area contributed by atoms with Crippen LogP contribution in [0.4, 0.5) is 0 Å². The van der Waals surface area contributed by atoms with Crippen molar-refractivity contribution < 1.29 is 14.6 Å². The molecule has 0 aromatic heterocycles. The number of benzene rings is 1. The molecule has 0 heterocycles. The van der Waals surface area contributed by atoms with E-state index in [1.54, 1.807) is 37.3 Å². The summed E-state index contributed by atoms with van der Waals surface area (Å²) in [5.74, 6) is -0.148. The van der Waals surface area contributed by atoms with E-state index in [-0.39, 0.29) is 6.54 Å². The second-order valence-electron chi connectivity index (χ2n) is 3.52. The number of hydrogen-bond donors (Lipinski definition) is 1. The lowest BCUT2D eigenvalue weighted by molar-refractivity contribution is -0.138. The number of aliphatic carboxylic acids is 1. The van der Waals surface area contributed by atoms with Gasteiger partial charge in [0.05, 0.1) is 13.7 Å². The van der Waals surface area contributed by atoms with Crippen LogP contribution < -0.4 is 4.74 Å². The monoisotopic (exact) mass is 243 g/mol. The second-order valence-corrected chi connectivity index (χ2v) is 3.96. The van der Waals surface area contributed by atoms with Crippen molar-refractivity contribution in [2.75, 3.05) is 20.7 Å². The minimum atomic E-state index is -0.858. The lowest BCUT2D eigenvalue weighted by atomic mass is 10.2. The van der Waals surface area contributed by atoms with Gasteiger partial charge in [-0.3, -0.25) is 9.69 Å². The van der Waals surface area contributed by atoms with E-state index in [9.17, 15) is 4.79 Å². The van der Waals surface area contributed by atoms with Crippen LogP contribution in [0.5, 0.6) is 5.75 Å². The zero-order valence-corrected chi connectivity index (χ0v) is 9.99. The zero-order valence-electron chi connectivity index (χ0n) is 9.24. The van der Waals surface area contributed by atoms with Crippen LogP contribution in [-0.2, 0) is 11.3 Å². The van der Waals surface area contributed by atoms with Crippen molar-refractivity contribution in [3.63, 3.8) is 0 Å². The Bertz CT molecular complexity index is 381. The molecule has 0 aliphatic heterocycles. The third kappa shape index (κ3) is 3.72. The van der Waals surface area contributed by atoms with Gasteiger partial charge in [0.2, 0.25) is 0 Å². The molecule has 0 amide bonds. The maximum Gasteiger partial charge on any atom is 0.317 e. The number of hydrogen-bond acceptors (Lipinski definition) is 3. The van der Waals surface area contributed by atoms with Crippen LogP contribution >= 0.6 is 11.6 Å². The maximum absolute atomic E-state index is 10.5. The van der Waals surface area contributed by atoms with Gasteiger partial charge in [0.1, 0.15) is 5.75 Å². The van der Waals surface area contributed by atoms with Gasteiger partial charge in [-0.15, -0.1) is 0 Å². The first-order valence-corrected chi connectivity index (χ1v) is 5.13. The van der Waals surface area contributed by atoms with Gasteiger partial charge in [0, 0.05) is 17.1 Å². The van der Waals surface area contributed by atoms with Crippen LogP contribution in [0.3, 0.4) is 0 Å². The Morgan fingerprint density at radius 2 is 2.25 bits per heavy atom. The Morgan fingerprint density at radius 3 is 2.81 bits per heavy atom. The van der Waals surface area contributed by atoms with E-state index < -0.39 is 5.97 Å². The minimum absolute atomic E-state index is 0.0182. The van der Waals surface area contributed by atoms with Crippen molar-refractivity contribution in [1.82, 2.24) is 4.90 Å². The molecular formula is C11H14ClNO3. The smallest absolute Gasteiger partial charge is 0.317 e. The van der Waals surface area contributed by atoms with E-state index in [0.29, 0.717) is 17.3 Å². The number of carboxylic acids is 1. The summed E-state index contributed by atoms with van der Waals surface area (Å²) in [5, 5.41) is 9.25. The molecule has 0 atom stereocenters. The first kappa shape index (κ1) is 12.8. The van der Waals surface area contributed by atoms with Crippen LogP contribution in [0.2, 0.25) is 5.02 Å². The summed E-state index contributed by atoms with van der Waals surface area (Å²) >= 11 is 5.87. The van der Waals surface area contributed by atoms with Gasteiger partial charge in [-0.1, -0.05) is 11.6 Å². The van der Waals surface area contributed by atoms with Gasteiger partial charge in [-0.2, -0.15) is 0 Å². The topological polar surface area (TPSA) is 49.8 Å². The third-order valence-electron chi connectivity index (χ3n) is 2.09. The fourth-order valence-corrected chi connectivity index (χ4v) is 1.64. The van der Waals surface area contributed by atoms with Crippen LogP contribution in [0.1, 0.15) is 5.56 Å². The molecule has 1 aromatic carbocycles. The van der Waals surface area contributed by atoms with E-state index in [2.05, 4.69) is 0 Å². The number of nitrogens with zero attached hydrogens (tertiary/aromatic N) is 1. The molecule has 0 radical (unpaired) electrons. The third-order valence-corrected chi connectivity index (χ3v) is 2.32. The Morgan fingerprint density at radius 1 is 1.56 bits per heavy atom. The first-order chi connectivity index (χ1) is 7.52. The fraction of sp³-hybridized carbons (Fsp3) is 0.364. The highest BCUT2D eigenvalue weighted by Crippen LogP contribution is 2.23. The summed E-state index contributed by atoms with van der Waals surface area (Å²) in [5.41, 5.74) is 0.874. The Kier molecular flexibility index (Phi) is 4.58.